The summed E-state index contributed by atoms with van der Waals surface area (Å²) in [6, 6.07) is 16.2. The van der Waals surface area contributed by atoms with Crippen LogP contribution in [-0.4, -0.2) is 0 Å². The van der Waals surface area contributed by atoms with E-state index in [1.165, 1.54) is 107 Å². The number of rotatable bonds is 15. The lowest BCUT2D eigenvalue weighted by molar-refractivity contribution is 0.398. The van der Waals surface area contributed by atoms with Crippen LogP contribution in [0.5, 0.6) is 0 Å². The highest BCUT2D eigenvalue weighted by Gasteiger charge is 2.42. The summed E-state index contributed by atoms with van der Waals surface area (Å²) >= 11 is 0. The molecule has 2 aromatic carbocycles. The van der Waals surface area contributed by atoms with Crippen molar-refractivity contribution in [2.45, 2.75) is 109 Å². The van der Waals surface area contributed by atoms with Crippen LogP contribution in [0.4, 0.5) is 0 Å². The minimum Gasteiger partial charge on any atom is -0.0984 e. The van der Waals surface area contributed by atoms with E-state index in [9.17, 15) is 0 Å². The minimum absolute atomic E-state index is 0.195. The second kappa shape index (κ2) is 12.3. The van der Waals surface area contributed by atoms with E-state index < -0.39 is 0 Å². The third-order valence-corrected chi connectivity index (χ3v) is 7.46. The van der Waals surface area contributed by atoms with Crippen molar-refractivity contribution in [3.8, 4) is 11.1 Å². The van der Waals surface area contributed by atoms with Crippen molar-refractivity contribution in [3.63, 3.8) is 0 Å². The van der Waals surface area contributed by atoms with Crippen molar-refractivity contribution in [1.29, 1.82) is 0 Å². The summed E-state index contributed by atoms with van der Waals surface area (Å²) in [5, 5.41) is 0. The molecule has 0 N–H and O–H groups in total. The summed E-state index contributed by atoms with van der Waals surface area (Å²) in [6.07, 6.45) is 21.1. The predicted octanol–water partition coefficient (Wildman–Crippen LogP) is 10.1. The van der Waals surface area contributed by atoms with Crippen molar-refractivity contribution < 1.29 is 0 Å². The molecule has 1 aliphatic rings. The van der Waals surface area contributed by atoms with Crippen molar-refractivity contribution in [2.24, 2.45) is 0 Å². The Balaban J connectivity index is 1.85. The summed E-state index contributed by atoms with van der Waals surface area (Å²) in [4.78, 5) is 0. The van der Waals surface area contributed by atoms with Gasteiger partial charge in [0.25, 0.3) is 0 Å². The lowest BCUT2D eigenvalue weighted by atomic mass is 9.70. The molecule has 0 radical (unpaired) electrons. The lowest BCUT2D eigenvalue weighted by Gasteiger charge is -2.33. The molecule has 0 heteroatoms. The molecule has 31 heavy (non-hydrogen) atoms. The summed E-state index contributed by atoms with van der Waals surface area (Å²) in [5.41, 5.74) is 7.59. The van der Waals surface area contributed by atoms with Gasteiger partial charge in [-0.05, 0) is 40.7 Å². The highest BCUT2D eigenvalue weighted by molar-refractivity contribution is 5.87. The SMILES string of the molecule is C=Cc1cccc2c1-c1ccccc1C2(CCCCCCCC)CCCCCCCC. The Bertz CT molecular complexity index is 797. The molecule has 1 aliphatic carbocycles. The fourth-order valence-electron chi connectivity index (χ4n) is 5.78. The molecule has 0 bridgehead atoms. The molecule has 0 aliphatic heterocycles. The van der Waals surface area contributed by atoms with Crippen LogP contribution in [-0.2, 0) is 5.41 Å². The molecule has 0 nitrogen and oxygen atoms in total. The van der Waals surface area contributed by atoms with Crippen LogP contribution >= 0.6 is 0 Å². The van der Waals surface area contributed by atoms with Gasteiger partial charge in [-0.1, -0.05) is 146 Å². The van der Waals surface area contributed by atoms with Crippen molar-refractivity contribution in [1.82, 2.24) is 0 Å². The van der Waals surface area contributed by atoms with Gasteiger partial charge in [0.15, 0.2) is 0 Å². The van der Waals surface area contributed by atoms with Crippen LogP contribution in [0.3, 0.4) is 0 Å². The molecule has 2 aromatic rings. The van der Waals surface area contributed by atoms with Gasteiger partial charge in [-0.3, -0.25) is 0 Å². The van der Waals surface area contributed by atoms with E-state index in [1.54, 1.807) is 11.1 Å². The third-order valence-electron chi connectivity index (χ3n) is 7.46. The molecule has 0 heterocycles. The molecule has 0 atom stereocenters. The quantitative estimate of drug-likeness (QED) is 0.253. The predicted molar refractivity (Wildman–Crippen MR) is 139 cm³/mol. The number of hydrogen-bond donors (Lipinski definition) is 0. The Kier molecular flexibility index (Phi) is 9.44. The fourth-order valence-corrected chi connectivity index (χ4v) is 5.78. The first-order valence-corrected chi connectivity index (χ1v) is 13.1. The molecule has 3 rings (SSSR count). The van der Waals surface area contributed by atoms with Crippen LogP contribution < -0.4 is 0 Å². The average Bonchev–Trinajstić information content (AvgIpc) is 3.09. The first kappa shape index (κ1) is 23.8. The second-order valence-corrected chi connectivity index (χ2v) is 9.64. The van der Waals surface area contributed by atoms with Gasteiger partial charge < -0.3 is 0 Å². The molecule has 0 aromatic heterocycles. The molecule has 0 saturated carbocycles. The van der Waals surface area contributed by atoms with Crippen LogP contribution in [0.15, 0.2) is 49.0 Å². The summed E-state index contributed by atoms with van der Waals surface area (Å²) in [6.45, 7) is 8.75. The summed E-state index contributed by atoms with van der Waals surface area (Å²) < 4.78 is 0. The standard InChI is InChI=1S/C31H44/c1-4-7-9-11-13-17-24-31(25-18-14-12-10-8-5-2)28-22-16-15-21-27(28)30-26(6-3)20-19-23-29(30)31/h6,15-16,19-23H,3-5,7-14,17-18,24-25H2,1-2H3. The lowest BCUT2D eigenvalue weighted by Crippen LogP contribution is -2.25. The monoisotopic (exact) mass is 416 g/mol. The van der Waals surface area contributed by atoms with Crippen molar-refractivity contribution in [3.05, 3.63) is 65.7 Å². The Morgan fingerprint density at radius 2 is 1.19 bits per heavy atom. The molecule has 0 saturated heterocycles. The summed E-state index contributed by atoms with van der Waals surface area (Å²) in [5.74, 6) is 0. The van der Waals surface area contributed by atoms with Crippen molar-refractivity contribution in [2.75, 3.05) is 0 Å². The van der Waals surface area contributed by atoms with Gasteiger partial charge in [0.1, 0.15) is 0 Å². The average molecular weight is 417 g/mol. The maximum atomic E-state index is 4.14. The molecular weight excluding hydrogens is 372 g/mol. The van der Waals surface area contributed by atoms with Crippen LogP contribution in [0.1, 0.15) is 120 Å². The van der Waals surface area contributed by atoms with Gasteiger partial charge in [-0.2, -0.15) is 0 Å². The highest BCUT2D eigenvalue weighted by Crippen LogP contribution is 2.55. The molecule has 0 fully saturated rings. The summed E-state index contributed by atoms with van der Waals surface area (Å²) in [7, 11) is 0. The Morgan fingerprint density at radius 3 is 1.81 bits per heavy atom. The zero-order valence-electron chi connectivity index (χ0n) is 20.2. The van der Waals surface area contributed by atoms with E-state index in [2.05, 4.69) is 69.0 Å². The van der Waals surface area contributed by atoms with Gasteiger partial charge in [0, 0.05) is 5.41 Å². The van der Waals surface area contributed by atoms with Gasteiger partial charge in [-0.25, -0.2) is 0 Å². The van der Waals surface area contributed by atoms with Gasteiger partial charge >= 0.3 is 0 Å². The maximum Gasteiger partial charge on any atom is 0.0215 e. The largest absolute Gasteiger partial charge is 0.0984 e. The first-order chi connectivity index (χ1) is 15.3. The zero-order valence-corrected chi connectivity index (χ0v) is 20.2. The Labute approximate surface area is 192 Å². The van der Waals surface area contributed by atoms with Crippen LogP contribution in [0.2, 0.25) is 0 Å². The molecular formula is C31H44. The molecule has 168 valence electrons. The van der Waals surface area contributed by atoms with E-state index >= 15 is 0 Å². The minimum atomic E-state index is 0.195. The Morgan fingerprint density at radius 1 is 0.645 bits per heavy atom. The second-order valence-electron chi connectivity index (χ2n) is 9.64. The van der Waals surface area contributed by atoms with Crippen molar-refractivity contribution >= 4 is 6.08 Å². The van der Waals surface area contributed by atoms with Gasteiger partial charge in [0.2, 0.25) is 0 Å². The molecule has 0 amide bonds. The van der Waals surface area contributed by atoms with Crippen LogP contribution in [0, 0.1) is 0 Å². The zero-order chi connectivity index (χ0) is 21.9. The van der Waals surface area contributed by atoms with E-state index in [-0.39, 0.29) is 5.41 Å². The van der Waals surface area contributed by atoms with Gasteiger partial charge in [0.05, 0.1) is 0 Å². The normalized spacial score (nSPS) is 13.7. The number of hydrogen-bond acceptors (Lipinski definition) is 0. The number of benzene rings is 2. The Hall–Kier alpha value is -1.82. The highest BCUT2D eigenvalue weighted by atomic mass is 14.4. The third kappa shape index (κ3) is 5.51. The maximum absolute atomic E-state index is 4.14. The van der Waals surface area contributed by atoms with E-state index in [1.807, 2.05) is 0 Å². The smallest absolute Gasteiger partial charge is 0.0215 e. The number of fused-ring (bicyclic) bond motifs is 3. The van der Waals surface area contributed by atoms with E-state index in [0.29, 0.717) is 0 Å². The molecule has 0 unspecified atom stereocenters. The van der Waals surface area contributed by atoms with E-state index in [0.717, 1.165) is 0 Å². The van der Waals surface area contributed by atoms with Gasteiger partial charge in [-0.15, -0.1) is 0 Å². The van der Waals surface area contributed by atoms with Crippen LogP contribution in [0.25, 0.3) is 17.2 Å². The molecule has 0 spiro atoms. The van der Waals surface area contributed by atoms with E-state index in [4.69, 9.17) is 0 Å². The first-order valence-electron chi connectivity index (χ1n) is 13.1. The fraction of sp³-hybridized carbons (Fsp3) is 0.548. The topological polar surface area (TPSA) is 0 Å². The number of unbranched alkanes of at least 4 members (excludes halogenated alkanes) is 10.